The third-order valence-electron chi connectivity index (χ3n) is 3.82. The van der Waals surface area contributed by atoms with Crippen LogP contribution in [0.3, 0.4) is 0 Å². The van der Waals surface area contributed by atoms with Gasteiger partial charge in [0.2, 0.25) is 5.96 Å². The number of ether oxygens (including phenoxy) is 2. The van der Waals surface area contributed by atoms with Gasteiger partial charge in [-0.1, -0.05) is 18.0 Å². The van der Waals surface area contributed by atoms with Crippen LogP contribution in [-0.4, -0.2) is 30.7 Å². The molecule has 10 heteroatoms. The maximum atomic E-state index is 12.4. The molecule has 0 fully saturated rings. The lowest BCUT2D eigenvalue weighted by molar-refractivity contribution is -0.0515. The summed E-state index contributed by atoms with van der Waals surface area (Å²) in [5.41, 5.74) is 0.778. The van der Waals surface area contributed by atoms with Crippen LogP contribution in [0.5, 0.6) is 11.5 Å². The molecule has 2 N–H and O–H groups in total. The Morgan fingerprint density at radius 1 is 1.13 bits per heavy atom. The highest BCUT2D eigenvalue weighted by Gasteiger charge is 2.11. The SMILES string of the molecule is N#CNC(=NCCCCCCOc1cc(Cl)ccc1OC(F)F)Nc1ccncc1. The predicted octanol–water partition coefficient (Wildman–Crippen LogP) is 4.81. The quantitative estimate of drug-likeness (QED) is 0.172. The summed E-state index contributed by atoms with van der Waals surface area (Å²) in [4.78, 5) is 8.27. The first-order valence-corrected chi connectivity index (χ1v) is 9.70. The minimum absolute atomic E-state index is 0.0389. The molecule has 0 amide bonds. The van der Waals surface area contributed by atoms with Gasteiger partial charge < -0.3 is 14.8 Å². The van der Waals surface area contributed by atoms with Gasteiger partial charge in [0.25, 0.3) is 0 Å². The normalized spacial score (nSPS) is 11.1. The average Bonchev–Trinajstić information content (AvgIpc) is 2.72. The van der Waals surface area contributed by atoms with E-state index in [2.05, 4.69) is 25.3 Å². The maximum absolute atomic E-state index is 12.4. The number of aliphatic imine (C=N–C) groups is 1. The zero-order valence-electron chi connectivity index (χ0n) is 16.2. The third kappa shape index (κ3) is 8.92. The molecule has 2 rings (SSSR count). The van der Waals surface area contributed by atoms with E-state index < -0.39 is 6.61 Å². The fourth-order valence-corrected chi connectivity index (χ4v) is 2.63. The molecule has 0 saturated carbocycles. The summed E-state index contributed by atoms with van der Waals surface area (Å²) in [5, 5.41) is 14.7. The second kappa shape index (κ2) is 13.2. The van der Waals surface area contributed by atoms with Crippen LogP contribution in [0.2, 0.25) is 5.02 Å². The van der Waals surface area contributed by atoms with E-state index in [9.17, 15) is 8.78 Å². The number of alkyl halides is 2. The van der Waals surface area contributed by atoms with Crippen molar-refractivity contribution in [3.8, 4) is 17.7 Å². The van der Waals surface area contributed by atoms with E-state index in [4.69, 9.17) is 21.6 Å². The summed E-state index contributed by atoms with van der Waals surface area (Å²) >= 11 is 5.88. The van der Waals surface area contributed by atoms with E-state index >= 15 is 0 Å². The number of nitrogens with zero attached hydrogens (tertiary/aromatic N) is 3. The molecule has 30 heavy (non-hydrogen) atoms. The van der Waals surface area contributed by atoms with Crippen LogP contribution in [0.1, 0.15) is 25.7 Å². The lowest BCUT2D eigenvalue weighted by Gasteiger charge is -2.12. The highest BCUT2D eigenvalue weighted by molar-refractivity contribution is 6.30. The molecular formula is C20H22ClF2N5O2. The number of pyridine rings is 1. The molecule has 0 aliphatic carbocycles. The molecule has 0 bridgehead atoms. The van der Waals surface area contributed by atoms with Gasteiger partial charge in [0.15, 0.2) is 17.7 Å². The number of hydrogen-bond acceptors (Lipinski definition) is 5. The molecule has 0 atom stereocenters. The number of benzene rings is 1. The molecular weight excluding hydrogens is 416 g/mol. The first-order chi connectivity index (χ1) is 14.6. The van der Waals surface area contributed by atoms with Crippen LogP contribution < -0.4 is 20.1 Å². The Morgan fingerprint density at radius 2 is 1.90 bits per heavy atom. The number of guanidine groups is 1. The van der Waals surface area contributed by atoms with Gasteiger partial charge in [-0.2, -0.15) is 14.0 Å². The minimum Gasteiger partial charge on any atom is -0.490 e. The number of hydrogen-bond donors (Lipinski definition) is 2. The number of nitrogens with one attached hydrogen (secondary N) is 2. The van der Waals surface area contributed by atoms with Gasteiger partial charge in [0, 0.05) is 35.7 Å². The van der Waals surface area contributed by atoms with Gasteiger partial charge in [-0.15, -0.1) is 0 Å². The number of aromatic nitrogens is 1. The van der Waals surface area contributed by atoms with E-state index in [1.54, 1.807) is 24.5 Å². The molecule has 2 aromatic rings. The standard InChI is InChI=1S/C20H22ClF2N5O2/c21-15-5-6-17(30-19(22)23)18(13-15)29-12-4-2-1-3-9-26-20(27-14-24)28-16-7-10-25-11-8-16/h5-8,10-11,13,19H,1-4,9,12H2,(H2,25,26,27,28). The summed E-state index contributed by atoms with van der Waals surface area (Å²) in [5.74, 6) is 0.532. The van der Waals surface area contributed by atoms with Crippen molar-refractivity contribution in [1.82, 2.24) is 10.3 Å². The lowest BCUT2D eigenvalue weighted by Crippen LogP contribution is -2.27. The predicted molar refractivity (Wildman–Crippen MR) is 111 cm³/mol. The maximum Gasteiger partial charge on any atom is 0.387 e. The molecule has 1 aromatic heterocycles. The van der Waals surface area contributed by atoms with E-state index in [0.717, 1.165) is 31.4 Å². The van der Waals surface area contributed by atoms with Crippen molar-refractivity contribution in [3.05, 3.63) is 47.7 Å². The highest BCUT2D eigenvalue weighted by Crippen LogP contribution is 2.31. The average molecular weight is 438 g/mol. The van der Waals surface area contributed by atoms with Crippen LogP contribution >= 0.6 is 11.6 Å². The van der Waals surface area contributed by atoms with Crippen LogP contribution in [0.15, 0.2) is 47.7 Å². The monoisotopic (exact) mass is 437 g/mol. The molecule has 0 radical (unpaired) electrons. The van der Waals surface area contributed by atoms with Crippen molar-refractivity contribution >= 4 is 23.2 Å². The number of anilines is 1. The van der Waals surface area contributed by atoms with Gasteiger partial charge in [-0.3, -0.25) is 15.3 Å². The van der Waals surface area contributed by atoms with E-state index in [1.807, 2.05) is 6.19 Å². The number of nitriles is 1. The molecule has 7 nitrogen and oxygen atoms in total. The molecule has 1 aromatic carbocycles. The van der Waals surface area contributed by atoms with E-state index in [-0.39, 0.29) is 11.5 Å². The summed E-state index contributed by atoms with van der Waals surface area (Å²) in [6.45, 7) is -2.03. The van der Waals surface area contributed by atoms with Crippen LogP contribution in [0.4, 0.5) is 14.5 Å². The highest BCUT2D eigenvalue weighted by atomic mass is 35.5. The molecule has 1 heterocycles. The van der Waals surface area contributed by atoms with Gasteiger partial charge in [0.1, 0.15) is 0 Å². The molecule has 0 saturated heterocycles. The minimum atomic E-state index is -2.93. The third-order valence-corrected chi connectivity index (χ3v) is 4.05. The Labute approximate surface area is 178 Å². The zero-order valence-corrected chi connectivity index (χ0v) is 16.9. The van der Waals surface area contributed by atoms with Crippen molar-refractivity contribution in [1.29, 1.82) is 5.26 Å². The van der Waals surface area contributed by atoms with Crippen molar-refractivity contribution in [2.24, 2.45) is 4.99 Å². The van der Waals surface area contributed by atoms with Crippen molar-refractivity contribution in [2.45, 2.75) is 32.3 Å². The second-order valence-electron chi connectivity index (χ2n) is 6.06. The number of halogens is 3. The van der Waals surface area contributed by atoms with Crippen LogP contribution in [0, 0.1) is 11.5 Å². The number of rotatable bonds is 11. The summed E-state index contributed by atoms with van der Waals surface area (Å²) in [6, 6.07) is 7.81. The molecule has 0 aliphatic heterocycles. The number of unbranched alkanes of at least 4 members (excludes halogenated alkanes) is 3. The summed E-state index contributed by atoms with van der Waals surface area (Å²) in [7, 11) is 0. The van der Waals surface area contributed by atoms with Crippen molar-refractivity contribution in [2.75, 3.05) is 18.5 Å². The first kappa shape index (κ1) is 23.2. The van der Waals surface area contributed by atoms with Crippen LogP contribution in [-0.2, 0) is 0 Å². The Morgan fingerprint density at radius 3 is 2.63 bits per heavy atom. The molecule has 0 spiro atoms. The molecule has 160 valence electrons. The molecule has 0 unspecified atom stereocenters. The smallest absolute Gasteiger partial charge is 0.387 e. The van der Waals surface area contributed by atoms with Gasteiger partial charge in [-0.05, 0) is 43.5 Å². The van der Waals surface area contributed by atoms with Crippen molar-refractivity contribution in [3.63, 3.8) is 0 Å². The summed E-state index contributed by atoms with van der Waals surface area (Å²) < 4.78 is 34.8. The zero-order chi connectivity index (χ0) is 21.6. The fraction of sp³-hybridized carbons (Fsp3) is 0.350. The van der Waals surface area contributed by atoms with Gasteiger partial charge >= 0.3 is 6.61 Å². The Hall–Kier alpha value is -3.12. The molecule has 0 aliphatic rings. The second-order valence-corrected chi connectivity index (χ2v) is 6.50. The van der Waals surface area contributed by atoms with Crippen LogP contribution in [0.25, 0.3) is 0 Å². The Kier molecular flexibility index (Phi) is 10.2. The fourth-order valence-electron chi connectivity index (χ4n) is 2.46. The summed E-state index contributed by atoms with van der Waals surface area (Å²) in [6.07, 6.45) is 8.47. The topological polar surface area (TPSA) is 91.6 Å². The van der Waals surface area contributed by atoms with Gasteiger partial charge in [-0.25, -0.2) is 0 Å². The lowest BCUT2D eigenvalue weighted by atomic mass is 10.2. The van der Waals surface area contributed by atoms with E-state index in [1.165, 1.54) is 18.2 Å². The largest absolute Gasteiger partial charge is 0.490 e. The van der Waals surface area contributed by atoms with Crippen molar-refractivity contribution < 1.29 is 18.3 Å². The van der Waals surface area contributed by atoms with Gasteiger partial charge in [0.05, 0.1) is 6.61 Å². The Balaban J connectivity index is 1.67. The van der Waals surface area contributed by atoms with E-state index in [0.29, 0.717) is 24.1 Å². The first-order valence-electron chi connectivity index (χ1n) is 9.32. The Bertz CT molecular complexity index is 847.